The fourth-order valence-corrected chi connectivity index (χ4v) is 3.06. The van der Waals surface area contributed by atoms with Crippen LogP contribution in [0.15, 0.2) is 24.3 Å². The molecule has 4 atom stereocenters. The van der Waals surface area contributed by atoms with E-state index in [9.17, 15) is 9.50 Å². The summed E-state index contributed by atoms with van der Waals surface area (Å²) >= 11 is 0. The number of nitrogens with one attached hydrogen (secondary N) is 1. The fourth-order valence-electron chi connectivity index (χ4n) is 3.06. The molecule has 0 heterocycles. The summed E-state index contributed by atoms with van der Waals surface area (Å²) in [5.41, 5.74) is 0.643. The minimum Gasteiger partial charge on any atom is -0.387 e. The molecule has 0 amide bonds. The quantitative estimate of drug-likeness (QED) is 0.875. The van der Waals surface area contributed by atoms with Gasteiger partial charge in [-0.25, -0.2) is 4.39 Å². The molecule has 19 heavy (non-hydrogen) atoms. The average molecular weight is 265 g/mol. The first kappa shape index (κ1) is 14.5. The first-order valence-corrected chi connectivity index (χ1v) is 7.23. The molecule has 1 aromatic carbocycles. The van der Waals surface area contributed by atoms with Crippen molar-refractivity contribution in [1.82, 2.24) is 5.32 Å². The SMILES string of the molecule is CC1CCC(NCC(O)c2cccc(F)c2)C(C)C1. The van der Waals surface area contributed by atoms with Gasteiger partial charge >= 0.3 is 0 Å². The molecule has 2 N–H and O–H groups in total. The third kappa shape index (κ3) is 4.02. The van der Waals surface area contributed by atoms with E-state index in [0.29, 0.717) is 24.1 Å². The Morgan fingerprint density at radius 3 is 2.84 bits per heavy atom. The highest BCUT2D eigenvalue weighted by Crippen LogP contribution is 2.28. The van der Waals surface area contributed by atoms with E-state index in [1.54, 1.807) is 12.1 Å². The first-order chi connectivity index (χ1) is 9.06. The number of aliphatic hydroxyl groups excluding tert-OH is 1. The second-order valence-electron chi connectivity index (χ2n) is 5.98. The van der Waals surface area contributed by atoms with Gasteiger partial charge in [0.1, 0.15) is 5.82 Å². The van der Waals surface area contributed by atoms with Crippen LogP contribution in [-0.2, 0) is 0 Å². The molecule has 3 heteroatoms. The molecule has 2 rings (SSSR count). The Balaban J connectivity index is 1.85. The van der Waals surface area contributed by atoms with Gasteiger partial charge in [0.15, 0.2) is 0 Å². The minimum atomic E-state index is -0.637. The van der Waals surface area contributed by atoms with Gasteiger partial charge in [-0.3, -0.25) is 0 Å². The van der Waals surface area contributed by atoms with Gasteiger partial charge in [0.25, 0.3) is 0 Å². The number of halogens is 1. The summed E-state index contributed by atoms with van der Waals surface area (Å²) in [4.78, 5) is 0. The predicted octanol–water partition coefficient (Wildman–Crippen LogP) is 3.27. The van der Waals surface area contributed by atoms with Gasteiger partial charge in [-0.15, -0.1) is 0 Å². The van der Waals surface area contributed by atoms with Crippen LogP contribution in [0.3, 0.4) is 0 Å². The van der Waals surface area contributed by atoms with Crippen molar-refractivity contribution in [1.29, 1.82) is 0 Å². The van der Waals surface area contributed by atoms with Gasteiger partial charge in [0.2, 0.25) is 0 Å². The molecular weight excluding hydrogens is 241 g/mol. The Bertz CT molecular complexity index is 409. The first-order valence-electron chi connectivity index (χ1n) is 7.23. The lowest BCUT2D eigenvalue weighted by molar-refractivity contribution is 0.150. The highest BCUT2D eigenvalue weighted by molar-refractivity contribution is 5.19. The van der Waals surface area contributed by atoms with Gasteiger partial charge < -0.3 is 10.4 Å². The molecule has 4 unspecified atom stereocenters. The lowest BCUT2D eigenvalue weighted by Gasteiger charge is -2.33. The third-order valence-electron chi connectivity index (χ3n) is 4.24. The van der Waals surface area contributed by atoms with Crippen molar-refractivity contribution in [3.05, 3.63) is 35.6 Å². The van der Waals surface area contributed by atoms with Crippen LogP contribution < -0.4 is 5.32 Å². The molecule has 0 spiro atoms. The van der Waals surface area contributed by atoms with E-state index in [2.05, 4.69) is 19.2 Å². The van der Waals surface area contributed by atoms with Crippen LogP contribution >= 0.6 is 0 Å². The number of hydrogen-bond donors (Lipinski definition) is 2. The smallest absolute Gasteiger partial charge is 0.123 e. The Hall–Kier alpha value is -0.930. The van der Waals surface area contributed by atoms with Crippen LogP contribution in [0, 0.1) is 17.7 Å². The molecule has 0 bridgehead atoms. The molecule has 0 aromatic heterocycles. The Morgan fingerprint density at radius 2 is 2.16 bits per heavy atom. The molecule has 106 valence electrons. The normalized spacial score (nSPS) is 29.2. The minimum absolute atomic E-state index is 0.295. The van der Waals surface area contributed by atoms with Crippen molar-refractivity contribution in [3.63, 3.8) is 0 Å². The van der Waals surface area contributed by atoms with E-state index in [4.69, 9.17) is 0 Å². The topological polar surface area (TPSA) is 32.3 Å². The number of benzene rings is 1. The molecule has 1 aromatic rings. The van der Waals surface area contributed by atoms with Crippen LogP contribution in [0.1, 0.15) is 44.8 Å². The molecular formula is C16H24FNO. The summed E-state index contributed by atoms with van der Waals surface area (Å²) in [6.45, 7) is 5.06. The summed E-state index contributed by atoms with van der Waals surface area (Å²) in [7, 11) is 0. The van der Waals surface area contributed by atoms with Crippen molar-refractivity contribution >= 4 is 0 Å². The van der Waals surface area contributed by atoms with Gasteiger partial charge in [-0.2, -0.15) is 0 Å². The Labute approximate surface area is 115 Å². The maximum Gasteiger partial charge on any atom is 0.123 e. The Kier molecular flexibility index (Phi) is 4.94. The highest BCUT2D eigenvalue weighted by atomic mass is 19.1. The van der Waals surface area contributed by atoms with Crippen LogP contribution in [0.25, 0.3) is 0 Å². The molecule has 0 aliphatic heterocycles. The summed E-state index contributed by atoms with van der Waals surface area (Å²) in [5.74, 6) is 1.15. The van der Waals surface area contributed by atoms with E-state index in [-0.39, 0.29) is 5.82 Å². The van der Waals surface area contributed by atoms with Crippen molar-refractivity contribution in [2.45, 2.75) is 45.3 Å². The van der Waals surface area contributed by atoms with Gasteiger partial charge in [-0.05, 0) is 48.8 Å². The molecule has 1 aliphatic rings. The van der Waals surface area contributed by atoms with E-state index in [1.807, 2.05) is 0 Å². The zero-order valence-corrected chi connectivity index (χ0v) is 11.8. The second-order valence-corrected chi connectivity index (χ2v) is 5.98. The van der Waals surface area contributed by atoms with E-state index >= 15 is 0 Å². The number of hydrogen-bond acceptors (Lipinski definition) is 2. The van der Waals surface area contributed by atoms with E-state index in [0.717, 1.165) is 12.3 Å². The lowest BCUT2D eigenvalue weighted by atomic mass is 9.80. The largest absolute Gasteiger partial charge is 0.387 e. The molecule has 1 saturated carbocycles. The van der Waals surface area contributed by atoms with Gasteiger partial charge in [-0.1, -0.05) is 26.0 Å². The van der Waals surface area contributed by atoms with Gasteiger partial charge in [0, 0.05) is 12.6 Å². The Morgan fingerprint density at radius 1 is 1.37 bits per heavy atom. The summed E-state index contributed by atoms with van der Waals surface area (Å²) in [6.07, 6.45) is 3.02. The zero-order chi connectivity index (χ0) is 13.8. The summed E-state index contributed by atoms with van der Waals surface area (Å²) < 4.78 is 13.1. The fraction of sp³-hybridized carbons (Fsp3) is 0.625. The molecule has 0 saturated heterocycles. The zero-order valence-electron chi connectivity index (χ0n) is 11.8. The van der Waals surface area contributed by atoms with Gasteiger partial charge in [0.05, 0.1) is 6.10 Å². The average Bonchev–Trinajstić information content (AvgIpc) is 2.37. The maximum atomic E-state index is 13.1. The maximum absolute atomic E-state index is 13.1. The predicted molar refractivity (Wildman–Crippen MR) is 75.3 cm³/mol. The highest BCUT2D eigenvalue weighted by Gasteiger charge is 2.25. The molecule has 0 radical (unpaired) electrons. The standard InChI is InChI=1S/C16H24FNO/c1-11-6-7-15(12(2)8-11)18-10-16(19)13-4-3-5-14(17)9-13/h3-5,9,11-12,15-16,18-19H,6-8,10H2,1-2H3. The summed E-state index contributed by atoms with van der Waals surface area (Å²) in [6, 6.07) is 6.67. The van der Waals surface area contributed by atoms with Crippen LogP contribution in [0.4, 0.5) is 4.39 Å². The van der Waals surface area contributed by atoms with Crippen molar-refractivity contribution in [3.8, 4) is 0 Å². The lowest BCUT2D eigenvalue weighted by Crippen LogP contribution is -2.40. The van der Waals surface area contributed by atoms with Crippen molar-refractivity contribution in [2.75, 3.05) is 6.54 Å². The number of rotatable bonds is 4. The van der Waals surface area contributed by atoms with Crippen molar-refractivity contribution < 1.29 is 9.50 Å². The van der Waals surface area contributed by atoms with Crippen LogP contribution in [0.2, 0.25) is 0 Å². The molecule has 2 nitrogen and oxygen atoms in total. The molecule has 1 fully saturated rings. The second kappa shape index (κ2) is 6.49. The van der Waals surface area contributed by atoms with Crippen LogP contribution in [-0.4, -0.2) is 17.7 Å². The monoisotopic (exact) mass is 265 g/mol. The summed E-state index contributed by atoms with van der Waals surface area (Å²) in [5, 5.41) is 13.5. The van der Waals surface area contributed by atoms with E-state index in [1.165, 1.54) is 25.0 Å². The third-order valence-corrected chi connectivity index (χ3v) is 4.24. The number of aliphatic hydroxyl groups is 1. The molecule has 1 aliphatic carbocycles. The van der Waals surface area contributed by atoms with E-state index < -0.39 is 6.10 Å². The van der Waals surface area contributed by atoms with Crippen LogP contribution in [0.5, 0.6) is 0 Å². The van der Waals surface area contributed by atoms with Crippen molar-refractivity contribution in [2.24, 2.45) is 11.8 Å².